The van der Waals surface area contributed by atoms with Crippen molar-refractivity contribution >= 4 is 5.97 Å². The second kappa shape index (κ2) is 8.61. The zero-order valence-corrected chi connectivity index (χ0v) is 14.6. The van der Waals surface area contributed by atoms with Gasteiger partial charge in [-0.15, -0.1) is 0 Å². The maximum Gasteiger partial charge on any atom is 0.335 e. The third-order valence-electron chi connectivity index (χ3n) is 4.13. The quantitative estimate of drug-likeness (QED) is 0.445. The minimum Gasteiger partial charge on any atom is -0.478 e. The minimum absolute atomic E-state index is 0.0864. The molecule has 0 aliphatic carbocycles. The van der Waals surface area contributed by atoms with Crippen molar-refractivity contribution in [2.75, 3.05) is 6.61 Å². The van der Waals surface area contributed by atoms with E-state index < -0.39 is 43.3 Å². The number of hydrogen-bond acceptors (Lipinski definition) is 7. The van der Waals surface area contributed by atoms with E-state index in [1.807, 2.05) is 19.9 Å². The number of hydrogen-bond donors (Lipinski definition) is 5. The maximum absolute atomic E-state index is 11.2. The van der Waals surface area contributed by atoms with Gasteiger partial charge in [0, 0.05) is 0 Å². The molecule has 0 saturated carbocycles. The lowest BCUT2D eigenvalue weighted by molar-refractivity contribution is -0.277. The fraction of sp³-hybridized carbons (Fsp3) is 0.500. The van der Waals surface area contributed by atoms with Gasteiger partial charge < -0.3 is 35.0 Å². The molecule has 1 aliphatic heterocycles. The van der Waals surface area contributed by atoms with Crippen molar-refractivity contribution < 1.29 is 39.8 Å². The summed E-state index contributed by atoms with van der Waals surface area (Å²) in [5, 5.41) is 48.2. The van der Waals surface area contributed by atoms with E-state index in [1.54, 1.807) is 0 Å². The highest BCUT2D eigenvalue weighted by molar-refractivity contribution is 5.88. The van der Waals surface area contributed by atoms with Gasteiger partial charge >= 0.3 is 5.97 Å². The second-order valence-corrected chi connectivity index (χ2v) is 6.43. The van der Waals surface area contributed by atoms with Crippen molar-refractivity contribution in [3.8, 4) is 5.75 Å². The first-order valence-electron chi connectivity index (χ1n) is 8.21. The lowest BCUT2D eigenvalue weighted by Gasteiger charge is -2.39. The Morgan fingerprint density at radius 1 is 1.19 bits per heavy atom. The molecule has 1 heterocycles. The van der Waals surface area contributed by atoms with E-state index in [0.717, 1.165) is 5.57 Å². The van der Waals surface area contributed by atoms with Gasteiger partial charge in [0.25, 0.3) is 0 Å². The van der Waals surface area contributed by atoms with Crippen LogP contribution in [0.3, 0.4) is 0 Å². The molecule has 0 amide bonds. The summed E-state index contributed by atoms with van der Waals surface area (Å²) in [4.78, 5) is 11.2. The molecule has 5 N–H and O–H groups in total. The van der Waals surface area contributed by atoms with Gasteiger partial charge in [-0.2, -0.15) is 0 Å². The lowest BCUT2D eigenvalue weighted by Crippen LogP contribution is -2.60. The van der Waals surface area contributed by atoms with Crippen molar-refractivity contribution in [3.63, 3.8) is 0 Å². The molecule has 0 aromatic heterocycles. The van der Waals surface area contributed by atoms with Crippen LogP contribution in [0.2, 0.25) is 0 Å². The van der Waals surface area contributed by atoms with Crippen molar-refractivity contribution in [2.24, 2.45) is 0 Å². The Kier molecular flexibility index (Phi) is 6.74. The molecule has 1 fully saturated rings. The standard InChI is InChI=1S/C18H24O8/c1-9(2)3-4-10-7-11(17(23)24)5-6-12(10)25-18-16(22)15(21)14(20)13(8-19)26-18/h3,5-7,13-16,18-22H,4,8H2,1-2H3,(H,23,24)/t13-,14-,15?,16-,18-/m1/s1. The first-order valence-corrected chi connectivity index (χ1v) is 8.21. The number of carbonyl (C=O) groups is 1. The summed E-state index contributed by atoms with van der Waals surface area (Å²) in [6, 6.07) is 4.26. The highest BCUT2D eigenvalue weighted by atomic mass is 16.7. The van der Waals surface area contributed by atoms with E-state index in [9.17, 15) is 25.2 Å². The first kappa shape index (κ1) is 20.3. The van der Waals surface area contributed by atoms with Crippen molar-refractivity contribution in [3.05, 3.63) is 41.0 Å². The molecule has 0 spiro atoms. The Labute approximate surface area is 150 Å². The highest BCUT2D eigenvalue weighted by Crippen LogP contribution is 2.28. The highest BCUT2D eigenvalue weighted by Gasteiger charge is 2.44. The van der Waals surface area contributed by atoms with Gasteiger partial charge in [0.05, 0.1) is 12.2 Å². The number of aliphatic hydroxyl groups is 4. The van der Waals surface area contributed by atoms with Gasteiger partial charge in [-0.1, -0.05) is 11.6 Å². The molecular weight excluding hydrogens is 344 g/mol. The largest absolute Gasteiger partial charge is 0.478 e. The molecule has 144 valence electrons. The number of allylic oxidation sites excluding steroid dienone is 2. The van der Waals surface area contributed by atoms with Crippen LogP contribution in [0.25, 0.3) is 0 Å². The van der Waals surface area contributed by atoms with Crippen LogP contribution in [-0.2, 0) is 11.2 Å². The van der Waals surface area contributed by atoms with E-state index >= 15 is 0 Å². The summed E-state index contributed by atoms with van der Waals surface area (Å²) in [6.07, 6.45) is -4.69. The van der Waals surface area contributed by atoms with Crippen LogP contribution in [0, 0.1) is 0 Å². The molecule has 5 atom stereocenters. The monoisotopic (exact) mass is 368 g/mol. The molecule has 1 aliphatic rings. The topological polar surface area (TPSA) is 137 Å². The number of aromatic carboxylic acids is 1. The predicted molar refractivity (Wildman–Crippen MR) is 90.9 cm³/mol. The average molecular weight is 368 g/mol. The maximum atomic E-state index is 11.2. The lowest BCUT2D eigenvalue weighted by atomic mass is 9.99. The zero-order valence-electron chi connectivity index (χ0n) is 14.6. The normalized spacial score (nSPS) is 28.5. The second-order valence-electron chi connectivity index (χ2n) is 6.43. The molecular formula is C18H24O8. The Morgan fingerprint density at radius 2 is 1.88 bits per heavy atom. The number of benzene rings is 1. The van der Waals surface area contributed by atoms with Gasteiger partial charge in [-0.25, -0.2) is 4.79 Å². The predicted octanol–water partition coefficient (Wildman–Crippen LogP) is 0.0722. The van der Waals surface area contributed by atoms with Crippen LogP contribution in [0.5, 0.6) is 5.75 Å². The Morgan fingerprint density at radius 3 is 2.46 bits per heavy atom. The van der Waals surface area contributed by atoms with E-state index in [0.29, 0.717) is 12.0 Å². The molecule has 1 unspecified atom stereocenters. The summed E-state index contributed by atoms with van der Waals surface area (Å²) in [5.41, 5.74) is 1.68. The van der Waals surface area contributed by atoms with Gasteiger partial charge in [0.2, 0.25) is 6.29 Å². The zero-order chi connectivity index (χ0) is 19.4. The van der Waals surface area contributed by atoms with Crippen LogP contribution < -0.4 is 4.74 Å². The SMILES string of the molecule is CC(C)=CCc1cc(C(=O)O)ccc1O[C@@H]1O[C@H](CO)[C@@H](O)C(O)[C@H]1O. The molecule has 2 rings (SSSR count). The molecule has 8 heteroatoms. The van der Waals surface area contributed by atoms with Crippen molar-refractivity contribution in [1.82, 2.24) is 0 Å². The summed E-state index contributed by atoms with van der Waals surface area (Å²) >= 11 is 0. The van der Waals surface area contributed by atoms with Gasteiger partial charge in [0.1, 0.15) is 30.2 Å². The Balaban J connectivity index is 2.29. The Hall–Kier alpha value is -1.97. The van der Waals surface area contributed by atoms with E-state index in [-0.39, 0.29) is 11.3 Å². The molecule has 1 aromatic carbocycles. The molecule has 26 heavy (non-hydrogen) atoms. The van der Waals surface area contributed by atoms with Crippen molar-refractivity contribution in [2.45, 2.75) is 51.0 Å². The fourth-order valence-electron chi connectivity index (χ4n) is 2.59. The molecule has 0 bridgehead atoms. The van der Waals surface area contributed by atoms with Gasteiger partial charge in [-0.3, -0.25) is 0 Å². The minimum atomic E-state index is -1.55. The van der Waals surface area contributed by atoms with Crippen LogP contribution >= 0.6 is 0 Å². The number of aliphatic hydroxyl groups excluding tert-OH is 4. The smallest absolute Gasteiger partial charge is 0.335 e. The first-order chi connectivity index (χ1) is 12.2. The van der Waals surface area contributed by atoms with Crippen LogP contribution in [0.4, 0.5) is 0 Å². The van der Waals surface area contributed by atoms with Crippen molar-refractivity contribution in [1.29, 1.82) is 0 Å². The number of ether oxygens (including phenoxy) is 2. The molecule has 1 saturated heterocycles. The average Bonchev–Trinajstić information content (AvgIpc) is 2.60. The fourth-order valence-corrected chi connectivity index (χ4v) is 2.59. The third kappa shape index (κ3) is 4.60. The van der Waals surface area contributed by atoms with Crippen LogP contribution in [-0.4, -0.2) is 68.8 Å². The summed E-state index contributed by atoms with van der Waals surface area (Å²) in [5.74, 6) is -0.806. The van der Waals surface area contributed by atoms with E-state index in [4.69, 9.17) is 14.6 Å². The van der Waals surface area contributed by atoms with E-state index in [2.05, 4.69) is 0 Å². The van der Waals surface area contributed by atoms with Gasteiger partial charge in [0.15, 0.2) is 0 Å². The molecule has 1 aromatic rings. The van der Waals surface area contributed by atoms with Crippen LogP contribution in [0.1, 0.15) is 29.8 Å². The number of rotatable bonds is 6. The molecule has 8 nitrogen and oxygen atoms in total. The van der Waals surface area contributed by atoms with E-state index in [1.165, 1.54) is 18.2 Å². The summed E-state index contributed by atoms with van der Waals surface area (Å²) < 4.78 is 11.0. The number of carboxylic acid groups (broad SMARTS) is 1. The molecule has 0 radical (unpaired) electrons. The Bertz CT molecular complexity index is 665. The summed E-state index contributed by atoms with van der Waals surface area (Å²) in [7, 11) is 0. The summed E-state index contributed by atoms with van der Waals surface area (Å²) in [6.45, 7) is 3.24. The third-order valence-corrected chi connectivity index (χ3v) is 4.13. The van der Waals surface area contributed by atoms with Gasteiger partial charge in [-0.05, 0) is 44.0 Å². The van der Waals surface area contributed by atoms with Crippen LogP contribution in [0.15, 0.2) is 29.8 Å². The number of carboxylic acids is 1.